The SMILES string of the molecule is CC(C)(C)OC(=O)N[C@@H]1C[C@H](O)C12CCOCC2. The van der Waals surface area contributed by atoms with E-state index in [1.54, 1.807) is 0 Å². The second-order valence-corrected chi connectivity index (χ2v) is 6.30. The summed E-state index contributed by atoms with van der Waals surface area (Å²) in [5, 5.41) is 12.9. The zero-order valence-electron chi connectivity index (χ0n) is 11.4. The number of aliphatic hydroxyl groups excluding tert-OH is 1. The van der Waals surface area contributed by atoms with Crippen molar-refractivity contribution in [1.29, 1.82) is 0 Å². The largest absolute Gasteiger partial charge is 0.444 e. The lowest BCUT2D eigenvalue weighted by atomic mass is 9.58. The third-order valence-corrected chi connectivity index (χ3v) is 3.93. The van der Waals surface area contributed by atoms with Gasteiger partial charge in [0.2, 0.25) is 0 Å². The first-order chi connectivity index (χ1) is 8.33. The van der Waals surface area contributed by atoms with Crippen LogP contribution in [0, 0.1) is 5.41 Å². The fourth-order valence-electron chi connectivity index (χ4n) is 2.85. The third kappa shape index (κ3) is 2.62. The van der Waals surface area contributed by atoms with Gasteiger partial charge in [-0.25, -0.2) is 4.79 Å². The van der Waals surface area contributed by atoms with Crippen molar-refractivity contribution in [1.82, 2.24) is 5.32 Å². The van der Waals surface area contributed by atoms with E-state index in [2.05, 4.69) is 5.32 Å². The highest BCUT2D eigenvalue weighted by Crippen LogP contribution is 2.48. The Balaban J connectivity index is 1.92. The molecule has 0 bridgehead atoms. The Labute approximate surface area is 108 Å². The van der Waals surface area contributed by atoms with Crippen molar-refractivity contribution in [3.63, 3.8) is 0 Å². The molecule has 1 aliphatic carbocycles. The highest BCUT2D eigenvalue weighted by atomic mass is 16.6. The number of nitrogens with one attached hydrogen (secondary N) is 1. The van der Waals surface area contributed by atoms with Crippen molar-refractivity contribution >= 4 is 6.09 Å². The standard InChI is InChI=1S/C13H23NO4/c1-12(2,3)18-11(16)14-9-8-10(15)13(9)4-6-17-7-5-13/h9-10,15H,4-8H2,1-3H3,(H,14,16)/t9-,10+/m1/s1. The summed E-state index contributed by atoms with van der Waals surface area (Å²) in [5.74, 6) is 0. The molecule has 1 spiro atoms. The Morgan fingerprint density at radius 2 is 2.00 bits per heavy atom. The Kier molecular flexibility index (Phi) is 3.56. The molecule has 2 rings (SSSR count). The summed E-state index contributed by atoms with van der Waals surface area (Å²) >= 11 is 0. The Morgan fingerprint density at radius 1 is 1.39 bits per heavy atom. The van der Waals surface area contributed by atoms with Gasteiger partial charge in [0.15, 0.2) is 0 Å². The molecule has 1 amide bonds. The summed E-state index contributed by atoms with van der Waals surface area (Å²) in [7, 11) is 0. The minimum absolute atomic E-state index is 0.00579. The lowest BCUT2D eigenvalue weighted by Gasteiger charge is -2.55. The number of carbonyl (C=O) groups excluding carboxylic acids is 1. The van der Waals surface area contributed by atoms with Crippen molar-refractivity contribution < 1.29 is 19.4 Å². The van der Waals surface area contributed by atoms with E-state index in [9.17, 15) is 9.90 Å². The van der Waals surface area contributed by atoms with Crippen molar-refractivity contribution in [2.75, 3.05) is 13.2 Å². The average molecular weight is 257 g/mol. The first kappa shape index (κ1) is 13.6. The normalized spacial score (nSPS) is 30.7. The van der Waals surface area contributed by atoms with E-state index < -0.39 is 11.7 Å². The van der Waals surface area contributed by atoms with Gasteiger partial charge in [0, 0.05) is 24.7 Å². The molecule has 0 radical (unpaired) electrons. The second kappa shape index (κ2) is 4.70. The van der Waals surface area contributed by atoms with E-state index in [1.807, 2.05) is 20.8 Å². The van der Waals surface area contributed by atoms with Crippen LogP contribution in [0.25, 0.3) is 0 Å². The fourth-order valence-corrected chi connectivity index (χ4v) is 2.85. The number of hydrogen-bond acceptors (Lipinski definition) is 4. The molecule has 104 valence electrons. The maximum absolute atomic E-state index is 11.7. The lowest BCUT2D eigenvalue weighted by Crippen LogP contribution is -2.66. The molecule has 0 aromatic rings. The summed E-state index contributed by atoms with van der Waals surface area (Å²) in [4.78, 5) is 11.7. The van der Waals surface area contributed by atoms with Gasteiger partial charge in [0.05, 0.1) is 6.10 Å². The number of rotatable bonds is 1. The molecule has 1 saturated carbocycles. The molecule has 1 heterocycles. The van der Waals surface area contributed by atoms with Gasteiger partial charge in [-0.3, -0.25) is 0 Å². The van der Waals surface area contributed by atoms with E-state index in [1.165, 1.54) is 0 Å². The first-order valence-electron chi connectivity index (χ1n) is 6.59. The molecule has 2 aliphatic rings. The minimum Gasteiger partial charge on any atom is -0.444 e. The van der Waals surface area contributed by atoms with Crippen molar-refractivity contribution in [3.8, 4) is 0 Å². The van der Waals surface area contributed by atoms with E-state index >= 15 is 0 Å². The predicted octanol–water partition coefficient (Wildman–Crippen LogP) is 1.44. The van der Waals surface area contributed by atoms with Crippen LogP contribution in [0.2, 0.25) is 0 Å². The van der Waals surface area contributed by atoms with Gasteiger partial charge < -0.3 is 19.9 Å². The van der Waals surface area contributed by atoms with E-state index in [0.29, 0.717) is 19.6 Å². The molecule has 2 atom stereocenters. The summed E-state index contributed by atoms with van der Waals surface area (Å²) in [6, 6.07) is 0.00579. The summed E-state index contributed by atoms with van der Waals surface area (Å²) in [6.07, 6.45) is 1.48. The van der Waals surface area contributed by atoms with Crippen LogP contribution in [0.5, 0.6) is 0 Å². The molecule has 1 saturated heterocycles. The summed E-state index contributed by atoms with van der Waals surface area (Å²) < 4.78 is 10.6. The fraction of sp³-hybridized carbons (Fsp3) is 0.923. The molecule has 0 aromatic carbocycles. The Bertz CT molecular complexity index is 317. The number of ether oxygens (including phenoxy) is 2. The first-order valence-corrected chi connectivity index (χ1v) is 6.59. The Morgan fingerprint density at radius 3 is 2.50 bits per heavy atom. The van der Waals surface area contributed by atoms with E-state index in [0.717, 1.165) is 12.8 Å². The van der Waals surface area contributed by atoms with Crippen LogP contribution in [0.3, 0.4) is 0 Å². The van der Waals surface area contributed by atoms with Crippen LogP contribution in [0.1, 0.15) is 40.0 Å². The summed E-state index contributed by atoms with van der Waals surface area (Å²) in [6.45, 7) is 6.83. The smallest absolute Gasteiger partial charge is 0.407 e. The van der Waals surface area contributed by atoms with Gasteiger partial charge in [0.25, 0.3) is 0 Å². The number of aliphatic hydroxyl groups is 1. The van der Waals surface area contributed by atoms with E-state index in [-0.39, 0.29) is 17.6 Å². The number of hydrogen-bond donors (Lipinski definition) is 2. The van der Waals surface area contributed by atoms with Gasteiger partial charge >= 0.3 is 6.09 Å². The van der Waals surface area contributed by atoms with Gasteiger partial charge in [-0.1, -0.05) is 0 Å². The van der Waals surface area contributed by atoms with Crippen molar-refractivity contribution in [2.24, 2.45) is 5.41 Å². The predicted molar refractivity (Wildman–Crippen MR) is 66.3 cm³/mol. The number of carbonyl (C=O) groups is 1. The van der Waals surface area contributed by atoms with Gasteiger partial charge in [0.1, 0.15) is 5.60 Å². The van der Waals surface area contributed by atoms with Crippen LogP contribution in [0.4, 0.5) is 4.79 Å². The second-order valence-electron chi connectivity index (χ2n) is 6.30. The van der Waals surface area contributed by atoms with Crippen LogP contribution in [-0.4, -0.2) is 42.2 Å². The highest BCUT2D eigenvalue weighted by molar-refractivity contribution is 5.68. The topological polar surface area (TPSA) is 67.8 Å². The van der Waals surface area contributed by atoms with Crippen LogP contribution >= 0.6 is 0 Å². The molecular formula is C13H23NO4. The van der Waals surface area contributed by atoms with Crippen molar-refractivity contribution in [3.05, 3.63) is 0 Å². The monoisotopic (exact) mass is 257 g/mol. The van der Waals surface area contributed by atoms with Gasteiger partial charge in [-0.2, -0.15) is 0 Å². The average Bonchev–Trinajstić information content (AvgIpc) is 2.27. The maximum atomic E-state index is 11.7. The zero-order chi connectivity index (χ0) is 13.4. The zero-order valence-corrected chi connectivity index (χ0v) is 11.4. The van der Waals surface area contributed by atoms with Gasteiger partial charge in [-0.15, -0.1) is 0 Å². The quantitative estimate of drug-likeness (QED) is 0.746. The molecule has 18 heavy (non-hydrogen) atoms. The molecule has 2 N–H and O–H groups in total. The minimum atomic E-state index is -0.491. The molecule has 1 aliphatic heterocycles. The third-order valence-electron chi connectivity index (χ3n) is 3.93. The van der Waals surface area contributed by atoms with E-state index in [4.69, 9.17) is 9.47 Å². The molecule has 5 heteroatoms. The van der Waals surface area contributed by atoms with Crippen LogP contribution < -0.4 is 5.32 Å². The number of alkyl carbamates (subject to hydrolysis) is 1. The highest BCUT2D eigenvalue weighted by Gasteiger charge is 2.55. The summed E-state index contributed by atoms with van der Waals surface area (Å²) in [5.41, 5.74) is -0.690. The van der Waals surface area contributed by atoms with Crippen LogP contribution in [-0.2, 0) is 9.47 Å². The molecule has 0 unspecified atom stereocenters. The maximum Gasteiger partial charge on any atom is 0.407 e. The lowest BCUT2D eigenvalue weighted by molar-refractivity contribution is -0.147. The Hall–Kier alpha value is -0.810. The van der Waals surface area contributed by atoms with Crippen molar-refractivity contribution in [2.45, 2.75) is 57.8 Å². The molecule has 5 nitrogen and oxygen atoms in total. The van der Waals surface area contributed by atoms with Gasteiger partial charge in [-0.05, 0) is 40.0 Å². The van der Waals surface area contributed by atoms with Crippen LogP contribution in [0.15, 0.2) is 0 Å². The molecule has 2 fully saturated rings. The molecular weight excluding hydrogens is 234 g/mol. The number of amides is 1. The molecule has 0 aromatic heterocycles.